The molecule has 0 aromatic heterocycles. The van der Waals surface area contributed by atoms with Crippen molar-refractivity contribution < 1.29 is 8.42 Å². The Bertz CT molecular complexity index is 622. The second kappa shape index (κ2) is 5.73. The van der Waals surface area contributed by atoms with E-state index in [0.29, 0.717) is 17.4 Å². The number of benzene rings is 1. The van der Waals surface area contributed by atoms with Crippen LogP contribution in [0.2, 0.25) is 0 Å². The zero-order valence-electron chi connectivity index (χ0n) is 13.0. The van der Waals surface area contributed by atoms with Crippen molar-refractivity contribution in [2.45, 2.75) is 63.3 Å². The molecule has 1 aliphatic heterocycles. The quantitative estimate of drug-likeness (QED) is 0.836. The molecule has 0 spiro atoms. The van der Waals surface area contributed by atoms with Gasteiger partial charge in [0.25, 0.3) is 0 Å². The summed E-state index contributed by atoms with van der Waals surface area (Å²) in [6.07, 6.45) is 6.87. The molecule has 0 radical (unpaired) electrons. The maximum absolute atomic E-state index is 13.0. The minimum atomic E-state index is -3.34. The Kier molecular flexibility index (Phi) is 4.10. The summed E-state index contributed by atoms with van der Waals surface area (Å²) in [5, 5.41) is 0. The van der Waals surface area contributed by atoms with Crippen molar-refractivity contribution in [2.24, 2.45) is 5.92 Å². The lowest BCUT2D eigenvalue weighted by molar-refractivity contribution is 0.129. The molecule has 2 aliphatic rings. The molecule has 2 atom stereocenters. The van der Waals surface area contributed by atoms with Gasteiger partial charge in [-0.1, -0.05) is 18.9 Å². The first kappa shape index (κ1) is 15.0. The molecule has 3 nitrogen and oxygen atoms in total. The molecule has 4 heteroatoms. The second-order valence-corrected chi connectivity index (χ2v) is 8.51. The summed E-state index contributed by atoms with van der Waals surface area (Å²) in [6.45, 7) is 4.69. The molecular weight excluding hydrogens is 282 g/mol. The van der Waals surface area contributed by atoms with Crippen LogP contribution in [-0.4, -0.2) is 25.3 Å². The van der Waals surface area contributed by atoms with Gasteiger partial charge < -0.3 is 0 Å². The molecule has 1 saturated heterocycles. The molecule has 0 amide bonds. The molecule has 21 heavy (non-hydrogen) atoms. The third-order valence-corrected chi connectivity index (χ3v) is 7.20. The van der Waals surface area contributed by atoms with Crippen LogP contribution in [0.5, 0.6) is 0 Å². The van der Waals surface area contributed by atoms with Gasteiger partial charge in [0.15, 0.2) is 0 Å². The lowest BCUT2D eigenvalue weighted by Gasteiger charge is -2.43. The Balaban J connectivity index is 1.94. The van der Waals surface area contributed by atoms with Crippen LogP contribution in [-0.2, 0) is 10.0 Å². The first-order chi connectivity index (χ1) is 10.00. The van der Waals surface area contributed by atoms with Gasteiger partial charge in [-0.2, -0.15) is 4.31 Å². The summed E-state index contributed by atoms with van der Waals surface area (Å²) in [7, 11) is -3.34. The highest BCUT2D eigenvalue weighted by molar-refractivity contribution is 7.89. The Hall–Kier alpha value is -0.870. The average molecular weight is 307 g/mol. The predicted octanol–water partition coefficient (Wildman–Crippen LogP) is 3.65. The Labute approximate surface area is 128 Å². The van der Waals surface area contributed by atoms with Gasteiger partial charge in [-0.15, -0.1) is 0 Å². The number of nitrogens with zero attached hydrogens (tertiary/aromatic N) is 1. The molecule has 2 fully saturated rings. The molecule has 3 rings (SSSR count). The van der Waals surface area contributed by atoms with Crippen LogP contribution in [0, 0.1) is 19.8 Å². The van der Waals surface area contributed by atoms with Crippen molar-refractivity contribution in [1.29, 1.82) is 0 Å². The Morgan fingerprint density at radius 1 is 1.00 bits per heavy atom. The Morgan fingerprint density at radius 3 is 2.48 bits per heavy atom. The molecule has 1 saturated carbocycles. The number of fused-ring (bicyclic) bond motifs is 1. The van der Waals surface area contributed by atoms with Crippen molar-refractivity contribution >= 4 is 10.0 Å². The van der Waals surface area contributed by atoms with E-state index in [4.69, 9.17) is 0 Å². The monoisotopic (exact) mass is 307 g/mol. The highest BCUT2D eigenvalue weighted by Gasteiger charge is 2.39. The van der Waals surface area contributed by atoms with Crippen LogP contribution >= 0.6 is 0 Å². The third-order valence-electron chi connectivity index (χ3n) is 5.28. The predicted molar refractivity (Wildman–Crippen MR) is 84.8 cm³/mol. The van der Waals surface area contributed by atoms with E-state index in [9.17, 15) is 8.42 Å². The van der Waals surface area contributed by atoms with Gasteiger partial charge >= 0.3 is 0 Å². The molecule has 0 N–H and O–H groups in total. The van der Waals surface area contributed by atoms with Crippen LogP contribution in [0.25, 0.3) is 0 Å². The summed E-state index contributed by atoms with van der Waals surface area (Å²) in [6, 6.07) is 5.75. The van der Waals surface area contributed by atoms with Crippen LogP contribution in [0.1, 0.15) is 49.7 Å². The summed E-state index contributed by atoms with van der Waals surface area (Å²) >= 11 is 0. The number of sulfonamides is 1. The minimum Gasteiger partial charge on any atom is -0.207 e. The molecule has 1 aromatic carbocycles. The van der Waals surface area contributed by atoms with E-state index in [2.05, 4.69) is 0 Å². The van der Waals surface area contributed by atoms with Crippen molar-refractivity contribution in [1.82, 2.24) is 4.31 Å². The van der Waals surface area contributed by atoms with Gasteiger partial charge in [-0.3, -0.25) is 0 Å². The number of hydrogen-bond donors (Lipinski definition) is 0. The third kappa shape index (κ3) is 2.76. The molecule has 1 aliphatic carbocycles. The van der Waals surface area contributed by atoms with Crippen molar-refractivity contribution in [3.63, 3.8) is 0 Å². The van der Waals surface area contributed by atoms with Gasteiger partial charge in [-0.25, -0.2) is 8.42 Å². The molecular formula is C17H25NO2S. The molecule has 0 unspecified atom stereocenters. The van der Waals surface area contributed by atoms with E-state index in [1.807, 2.05) is 30.3 Å². The fourth-order valence-electron chi connectivity index (χ4n) is 3.89. The lowest BCUT2D eigenvalue weighted by Crippen LogP contribution is -2.49. The fourth-order valence-corrected chi connectivity index (χ4v) is 5.73. The summed E-state index contributed by atoms with van der Waals surface area (Å²) in [5.41, 5.74) is 2.19. The molecule has 116 valence electrons. The molecule has 1 aromatic rings. The van der Waals surface area contributed by atoms with Crippen molar-refractivity contribution in [2.75, 3.05) is 6.54 Å². The first-order valence-electron chi connectivity index (χ1n) is 8.09. The van der Waals surface area contributed by atoms with Crippen LogP contribution in [0.4, 0.5) is 0 Å². The van der Waals surface area contributed by atoms with E-state index in [0.717, 1.165) is 24.0 Å². The number of aryl methyl sites for hydroxylation is 2. The van der Waals surface area contributed by atoms with E-state index < -0.39 is 10.0 Å². The average Bonchev–Trinajstić information content (AvgIpc) is 2.49. The van der Waals surface area contributed by atoms with Crippen LogP contribution in [0.3, 0.4) is 0 Å². The zero-order chi connectivity index (χ0) is 15.0. The molecule has 1 heterocycles. The van der Waals surface area contributed by atoms with E-state index in [-0.39, 0.29) is 6.04 Å². The van der Waals surface area contributed by atoms with Crippen molar-refractivity contribution in [3.05, 3.63) is 29.3 Å². The summed E-state index contributed by atoms with van der Waals surface area (Å²) in [4.78, 5) is 0.469. The maximum Gasteiger partial charge on any atom is 0.243 e. The van der Waals surface area contributed by atoms with Gasteiger partial charge in [0.1, 0.15) is 0 Å². The fraction of sp³-hybridized carbons (Fsp3) is 0.647. The first-order valence-corrected chi connectivity index (χ1v) is 9.53. The van der Waals surface area contributed by atoms with Gasteiger partial charge in [0, 0.05) is 12.6 Å². The summed E-state index contributed by atoms with van der Waals surface area (Å²) < 4.78 is 27.9. The van der Waals surface area contributed by atoms with Crippen LogP contribution in [0.15, 0.2) is 23.1 Å². The van der Waals surface area contributed by atoms with Gasteiger partial charge in [-0.05, 0) is 68.7 Å². The lowest BCUT2D eigenvalue weighted by atomic mass is 9.79. The Morgan fingerprint density at radius 2 is 1.71 bits per heavy atom. The smallest absolute Gasteiger partial charge is 0.207 e. The normalized spacial score (nSPS) is 27.3. The topological polar surface area (TPSA) is 37.4 Å². The number of rotatable bonds is 2. The van der Waals surface area contributed by atoms with Gasteiger partial charge in [0.05, 0.1) is 4.90 Å². The van der Waals surface area contributed by atoms with Gasteiger partial charge in [0.2, 0.25) is 10.0 Å². The van der Waals surface area contributed by atoms with E-state index >= 15 is 0 Å². The zero-order valence-corrected chi connectivity index (χ0v) is 13.8. The SMILES string of the molecule is Cc1ccc(S(=O)(=O)N2CCC[C@@H]3CCCC[C@@H]32)cc1C. The minimum absolute atomic E-state index is 0.235. The largest absolute Gasteiger partial charge is 0.243 e. The molecule has 0 bridgehead atoms. The second-order valence-electron chi connectivity index (χ2n) is 6.62. The van der Waals surface area contributed by atoms with E-state index in [1.54, 1.807) is 6.07 Å². The highest BCUT2D eigenvalue weighted by atomic mass is 32.2. The highest BCUT2D eigenvalue weighted by Crippen LogP contribution is 2.38. The standard InChI is InChI=1S/C17H25NO2S/c1-13-9-10-16(12-14(13)2)21(19,20)18-11-5-7-15-6-3-4-8-17(15)18/h9-10,12,15,17H,3-8,11H2,1-2H3/t15-,17-/m0/s1. The van der Waals surface area contributed by atoms with Crippen LogP contribution < -0.4 is 0 Å². The number of hydrogen-bond acceptors (Lipinski definition) is 2. The number of piperidine rings is 1. The maximum atomic E-state index is 13.0. The van der Waals surface area contributed by atoms with E-state index in [1.165, 1.54) is 25.7 Å². The van der Waals surface area contributed by atoms with Crippen molar-refractivity contribution in [3.8, 4) is 0 Å². The summed E-state index contributed by atoms with van der Waals surface area (Å²) in [5.74, 6) is 0.578.